The van der Waals surface area contributed by atoms with Crippen molar-refractivity contribution in [2.75, 3.05) is 0 Å². The minimum atomic E-state index is 1.16. The molecule has 0 unspecified atom stereocenters. The maximum Gasteiger partial charge on any atom is 0.0619 e. The highest BCUT2D eigenvalue weighted by molar-refractivity contribution is 7.26. The second kappa shape index (κ2) is 11.7. The fourth-order valence-electron chi connectivity index (χ4n) is 9.79. The minimum absolute atomic E-state index is 1.16. The first-order valence-corrected chi connectivity index (χ1v) is 20.4. The monoisotopic (exact) mass is 740 g/mol. The van der Waals surface area contributed by atoms with E-state index in [0.717, 1.165) is 5.69 Å². The Morgan fingerprint density at radius 1 is 0.298 bits per heavy atom. The van der Waals surface area contributed by atoms with Crippen LogP contribution in [0, 0.1) is 0 Å². The van der Waals surface area contributed by atoms with E-state index in [4.69, 9.17) is 0 Å². The Balaban J connectivity index is 1.07. The highest BCUT2D eigenvalue weighted by Gasteiger charge is 2.19. The van der Waals surface area contributed by atoms with Gasteiger partial charge in [0.1, 0.15) is 0 Å². The quantitative estimate of drug-likeness (QED) is 0.171. The lowest BCUT2D eigenvalue weighted by Gasteiger charge is -2.10. The Bertz CT molecular complexity index is 3790. The molecule has 4 heterocycles. The molecule has 0 aliphatic rings. The average Bonchev–Trinajstić information content (AvgIpc) is 3.95. The van der Waals surface area contributed by atoms with Gasteiger partial charge in [-0.05, 0) is 99.1 Å². The van der Waals surface area contributed by atoms with Crippen LogP contribution < -0.4 is 0 Å². The van der Waals surface area contributed by atoms with Gasteiger partial charge in [-0.15, -0.1) is 11.3 Å². The van der Waals surface area contributed by atoms with Gasteiger partial charge in [0.05, 0.1) is 27.6 Å². The summed E-state index contributed by atoms with van der Waals surface area (Å²) >= 11 is 1.89. The molecular weight excluding hydrogens is 709 g/mol. The Morgan fingerprint density at radius 3 is 1.60 bits per heavy atom. The van der Waals surface area contributed by atoms with Crippen molar-refractivity contribution in [2.24, 2.45) is 0 Å². The number of nitrogens with zero attached hydrogens (tertiary/aromatic N) is 2. The summed E-state index contributed by atoms with van der Waals surface area (Å²) in [5, 5.41) is 12.8. The summed E-state index contributed by atoms with van der Waals surface area (Å²) in [6, 6.07) is 72.0. The standard InChI is InChI=1S/C54H32N2S/c1-2-11-33(12-3-1)34-23-27-37(28-24-34)55-46-19-7-6-15-40(46)44-31-35(25-29-47(44)55)36-26-30-48-45(32-36)43-18-8-17-42-39-14-5-4-13-38(39)41-16-9-21-50-52(41)53-49(56(48)54(42)43)20-10-22-51(53)57-50/h1-32H. The zero-order chi connectivity index (χ0) is 37.2. The first-order valence-electron chi connectivity index (χ1n) is 19.6. The number of hydrogen-bond acceptors (Lipinski definition) is 1. The van der Waals surface area contributed by atoms with Gasteiger partial charge in [0, 0.05) is 52.8 Å². The first kappa shape index (κ1) is 31.1. The summed E-state index contributed by atoms with van der Waals surface area (Å²) in [6.45, 7) is 0. The van der Waals surface area contributed by atoms with Crippen LogP contribution in [-0.4, -0.2) is 8.97 Å². The van der Waals surface area contributed by atoms with Crippen LogP contribution in [0.25, 0.3) is 119 Å². The van der Waals surface area contributed by atoms with Gasteiger partial charge in [-0.3, -0.25) is 0 Å². The molecule has 264 valence electrons. The third kappa shape index (κ3) is 4.35. The summed E-state index contributed by atoms with van der Waals surface area (Å²) in [6.07, 6.45) is 0. The van der Waals surface area contributed by atoms with Gasteiger partial charge in [0.25, 0.3) is 0 Å². The predicted molar refractivity (Wildman–Crippen MR) is 246 cm³/mol. The summed E-state index contributed by atoms with van der Waals surface area (Å²) in [5.41, 5.74) is 12.2. The van der Waals surface area contributed by atoms with E-state index in [2.05, 4.69) is 203 Å². The van der Waals surface area contributed by atoms with Crippen molar-refractivity contribution in [3.8, 4) is 27.9 Å². The minimum Gasteiger partial charge on any atom is -0.309 e. The van der Waals surface area contributed by atoms with Crippen molar-refractivity contribution in [1.82, 2.24) is 8.97 Å². The average molecular weight is 741 g/mol. The number of thiophene rings is 1. The lowest BCUT2D eigenvalue weighted by Crippen LogP contribution is -1.93. The Hall–Kier alpha value is -7.20. The summed E-state index contributed by atoms with van der Waals surface area (Å²) in [7, 11) is 0. The van der Waals surface area contributed by atoms with Gasteiger partial charge < -0.3 is 8.97 Å². The second-order valence-electron chi connectivity index (χ2n) is 15.2. The number of hydrogen-bond donors (Lipinski definition) is 0. The molecule has 0 saturated heterocycles. The van der Waals surface area contributed by atoms with E-state index in [1.54, 1.807) is 0 Å². The molecule has 3 heteroatoms. The fourth-order valence-corrected chi connectivity index (χ4v) is 10.9. The molecule has 0 aliphatic heterocycles. The first-order chi connectivity index (χ1) is 28.3. The molecule has 0 N–H and O–H groups in total. The Morgan fingerprint density at radius 2 is 0.807 bits per heavy atom. The van der Waals surface area contributed by atoms with Crippen LogP contribution in [-0.2, 0) is 0 Å². The van der Waals surface area contributed by atoms with E-state index >= 15 is 0 Å². The highest BCUT2D eigenvalue weighted by Crippen LogP contribution is 2.45. The van der Waals surface area contributed by atoms with E-state index in [-0.39, 0.29) is 0 Å². The molecule has 2 nitrogen and oxygen atoms in total. The van der Waals surface area contributed by atoms with Crippen molar-refractivity contribution >= 4 is 102 Å². The van der Waals surface area contributed by atoms with Crippen LogP contribution >= 0.6 is 11.3 Å². The Kier molecular flexibility index (Phi) is 6.35. The maximum absolute atomic E-state index is 2.55. The molecule has 0 atom stereocenters. The van der Waals surface area contributed by atoms with E-state index in [1.165, 1.54) is 113 Å². The van der Waals surface area contributed by atoms with E-state index in [0.29, 0.717) is 0 Å². The number of fused-ring (bicyclic) bond motifs is 10. The van der Waals surface area contributed by atoms with Gasteiger partial charge in [0.2, 0.25) is 0 Å². The number of benzene rings is 9. The summed E-state index contributed by atoms with van der Waals surface area (Å²) in [4.78, 5) is 0. The van der Waals surface area contributed by atoms with Crippen LogP contribution in [0.1, 0.15) is 0 Å². The summed E-state index contributed by atoms with van der Waals surface area (Å²) < 4.78 is 7.60. The maximum atomic E-state index is 2.55. The second-order valence-corrected chi connectivity index (χ2v) is 16.3. The van der Waals surface area contributed by atoms with Crippen LogP contribution in [0.4, 0.5) is 0 Å². The zero-order valence-electron chi connectivity index (χ0n) is 30.8. The largest absolute Gasteiger partial charge is 0.309 e. The van der Waals surface area contributed by atoms with Crippen molar-refractivity contribution in [2.45, 2.75) is 0 Å². The van der Waals surface area contributed by atoms with Crippen molar-refractivity contribution in [1.29, 1.82) is 0 Å². The molecular formula is C54H32N2S. The molecule has 13 aromatic rings. The van der Waals surface area contributed by atoms with E-state index in [9.17, 15) is 0 Å². The van der Waals surface area contributed by atoms with Crippen molar-refractivity contribution in [3.05, 3.63) is 194 Å². The van der Waals surface area contributed by atoms with Gasteiger partial charge in [-0.1, -0.05) is 133 Å². The van der Waals surface area contributed by atoms with Gasteiger partial charge >= 0.3 is 0 Å². The third-order valence-corrected chi connectivity index (χ3v) is 13.4. The van der Waals surface area contributed by atoms with Gasteiger partial charge in [-0.25, -0.2) is 0 Å². The van der Waals surface area contributed by atoms with Crippen LogP contribution in [0.15, 0.2) is 194 Å². The van der Waals surface area contributed by atoms with E-state index < -0.39 is 0 Å². The van der Waals surface area contributed by atoms with Gasteiger partial charge in [0.15, 0.2) is 0 Å². The lowest BCUT2D eigenvalue weighted by atomic mass is 9.99. The third-order valence-electron chi connectivity index (χ3n) is 12.3. The number of rotatable bonds is 3. The predicted octanol–water partition coefficient (Wildman–Crippen LogP) is 15.4. The molecule has 0 bridgehead atoms. The van der Waals surface area contributed by atoms with Crippen molar-refractivity contribution in [3.63, 3.8) is 0 Å². The molecule has 9 aromatic carbocycles. The fraction of sp³-hybridized carbons (Fsp3) is 0. The molecule has 0 fully saturated rings. The molecule has 0 aliphatic carbocycles. The SMILES string of the molecule is c1ccc(-c2ccc(-n3c4ccccc4c4cc(-c5ccc6c(c5)c5cccc7c8ccccc8c8cccc9sc%10cccc(c%10c98)n6c75)ccc43)cc2)cc1. The highest BCUT2D eigenvalue weighted by atomic mass is 32.1. The van der Waals surface area contributed by atoms with Gasteiger partial charge in [-0.2, -0.15) is 0 Å². The molecule has 0 amide bonds. The molecule has 0 radical (unpaired) electrons. The zero-order valence-corrected chi connectivity index (χ0v) is 31.6. The molecule has 0 saturated carbocycles. The topological polar surface area (TPSA) is 9.34 Å². The van der Waals surface area contributed by atoms with Crippen LogP contribution in [0.2, 0.25) is 0 Å². The number of aromatic nitrogens is 2. The van der Waals surface area contributed by atoms with Crippen LogP contribution in [0.5, 0.6) is 0 Å². The lowest BCUT2D eigenvalue weighted by molar-refractivity contribution is 1.18. The molecule has 0 spiro atoms. The molecule has 4 aromatic heterocycles. The van der Waals surface area contributed by atoms with Crippen LogP contribution in [0.3, 0.4) is 0 Å². The Labute approximate surface area is 331 Å². The normalized spacial score (nSPS) is 12.2. The smallest absolute Gasteiger partial charge is 0.0619 e. The van der Waals surface area contributed by atoms with E-state index in [1.807, 2.05) is 11.3 Å². The summed E-state index contributed by atoms with van der Waals surface area (Å²) in [5.74, 6) is 0. The van der Waals surface area contributed by atoms with Crippen molar-refractivity contribution < 1.29 is 0 Å². The number of para-hydroxylation sites is 2. The molecule has 57 heavy (non-hydrogen) atoms. The molecule has 13 rings (SSSR count).